The Kier molecular flexibility index (Phi) is 4.85. The molecule has 4 nitrogen and oxygen atoms in total. The molecule has 0 heterocycles. The first-order chi connectivity index (χ1) is 10.0. The van der Waals surface area contributed by atoms with Crippen molar-refractivity contribution in [3.05, 3.63) is 63.6 Å². The molecule has 2 aromatic carbocycles. The number of halogens is 1. The average Bonchev–Trinajstić information content (AvgIpc) is 2.46. The molecule has 0 saturated heterocycles. The van der Waals surface area contributed by atoms with Gasteiger partial charge in [0, 0.05) is 23.8 Å². The Morgan fingerprint density at radius 3 is 2.67 bits per heavy atom. The summed E-state index contributed by atoms with van der Waals surface area (Å²) in [6.45, 7) is 2.81. The van der Waals surface area contributed by atoms with Crippen molar-refractivity contribution in [1.29, 1.82) is 0 Å². The van der Waals surface area contributed by atoms with Gasteiger partial charge in [-0.2, -0.15) is 0 Å². The smallest absolute Gasteiger partial charge is 0.173 e. The van der Waals surface area contributed by atoms with Crippen molar-refractivity contribution in [2.45, 2.75) is 13.5 Å². The molecule has 2 rings (SSSR count). The van der Waals surface area contributed by atoms with Gasteiger partial charge >= 0.3 is 0 Å². The Morgan fingerprint density at radius 1 is 1.29 bits per heavy atom. The number of amidine groups is 1. The van der Waals surface area contributed by atoms with E-state index < -0.39 is 0 Å². The molecule has 0 saturated carbocycles. The molecule has 0 aliphatic rings. The highest BCUT2D eigenvalue weighted by Gasteiger charge is 2.14. The van der Waals surface area contributed by atoms with Crippen molar-refractivity contribution in [3.8, 4) is 0 Å². The van der Waals surface area contributed by atoms with Crippen molar-refractivity contribution in [1.82, 2.24) is 0 Å². The summed E-state index contributed by atoms with van der Waals surface area (Å²) >= 11 is 3.46. The number of oxime groups is 1. The van der Waals surface area contributed by atoms with E-state index in [0.717, 1.165) is 16.7 Å². The van der Waals surface area contributed by atoms with Crippen LogP contribution in [0.4, 0.5) is 5.69 Å². The monoisotopic (exact) mass is 347 g/mol. The molecule has 0 aromatic heterocycles. The van der Waals surface area contributed by atoms with E-state index in [1.165, 1.54) is 11.1 Å². The molecule has 0 fully saturated rings. The molecule has 110 valence electrons. The minimum Gasteiger partial charge on any atom is -0.409 e. The SMILES string of the molecule is Cc1cccc(CN(C)c2cccc(Br)c2/C(N)=N/O)c1. The maximum Gasteiger partial charge on any atom is 0.173 e. The summed E-state index contributed by atoms with van der Waals surface area (Å²) in [6, 6.07) is 14.1. The lowest BCUT2D eigenvalue weighted by atomic mass is 10.1. The molecule has 0 aliphatic carbocycles. The third-order valence-electron chi connectivity index (χ3n) is 3.27. The Balaban J connectivity index is 2.35. The highest BCUT2D eigenvalue weighted by Crippen LogP contribution is 2.28. The fourth-order valence-corrected chi connectivity index (χ4v) is 2.86. The van der Waals surface area contributed by atoms with Gasteiger partial charge < -0.3 is 15.8 Å². The third kappa shape index (κ3) is 3.55. The number of nitrogens with zero attached hydrogens (tertiary/aromatic N) is 2. The van der Waals surface area contributed by atoms with Crippen LogP contribution in [0.3, 0.4) is 0 Å². The first kappa shape index (κ1) is 15.4. The first-order valence-corrected chi connectivity index (χ1v) is 7.35. The van der Waals surface area contributed by atoms with Crippen LogP contribution in [0.2, 0.25) is 0 Å². The molecule has 0 bridgehead atoms. The Hall–Kier alpha value is -2.01. The van der Waals surface area contributed by atoms with Gasteiger partial charge in [0.2, 0.25) is 0 Å². The molecule has 0 amide bonds. The van der Waals surface area contributed by atoms with Gasteiger partial charge in [-0.05, 0) is 40.5 Å². The summed E-state index contributed by atoms with van der Waals surface area (Å²) < 4.78 is 0.798. The summed E-state index contributed by atoms with van der Waals surface area (Å²) in [4.78, 5) is 2.08. The van der Waals surface area contributed by atoms with Crippen LogP contribution in [0.5, 0.6) is 0 Å². The quantitative estimate of drug-likeness (QED) is 0.385. The van der Waals surface area contributed by atoms with Gasteiger partial charge in [-0.25, -0.2) is 0 Å². The topological polar surface area (TPSA) is 61.8 Å². The lowest BCUT2D eigenvalue weighted by Crippen LogP contribution is -2.23. The summed E-state index contributed by atoms with van der Waals surface area (Å²) in [7, 11) is 1.98. The van der Waals surface area contributed by atoms with Crippen LogP contribution >= 0.6 is 15.9 Å². The summed E-state index contributed by atoms with van der Waals surface area (Å²) in [6.07, 6.45) is 0. The first-order valence-electron chi connectivity index (χ1n) is 6.56. The average molecular weight is 348 g/mol. The van der Waals surface area contributed by atoms with E-state index in [9.17, 15) is 0 Å². The third-order valence-corrected chi connectivity index (χ3v) is 3.93. The normalized spacial score (nSPS) is 11.5. The van der Waals surface area contributed by atoms with E-state index in [4.69, 9.17) is 10.9 Å². The van der Waals surface area contributed by atoms with Crippen LogP contribution in [0.1, 0.15) is 16.7 Å². The van der Waals surface area contributed by atoms with Crippen molar-refractivity contribution < 1.29 is 5.21 Å². The summed E-state index contributed by atoms with van der Waals surface area (Å²) in [5.41, 5.74) is 9.83. The van der Waals surface area contributed by atoms with E-state index in [1.807, 2.05) is 31.3 Å². The summed E-state index contributed by atoms with van der Waals surface area (Å²) in [5, 5.41) is 12.1. The van der Waals surface area contributed by atoms with Crippen LogP contribution in [0.25, 0.3) is 0 Å². The lowest BCUT2D eigenvalue weighted by Gasteiger charge is -2.23. The van der Waals surface area contributed by atoms with E-state index in [0.29, 0.717) is 5.56 Å². The molecule has 0 unspecified atom stereocenters. The van der Waals surface area contributed by atoms with Crippen molar-refractivity contribution in [3.63, 3.8) is 0 Å². The van der Waals surface area contributed by atoms with E-state index in [2.05, 4.69) is 51.1 Å². The van der Waals surface area contributed by atoms with Crippen molar-refractivity contribution in [2.24, 2.45) is 10.9 Å². The van der Waals surface area contributed by atoms with Gasteiger partial charge in [-0.1, -0.05) is 41.1 Å². The fourth-order valence-electron chi connectivity index (χ4n) is 2.30. The molecule has 0 spiro atoms. The molecule has 3 N–H and O–H groups in total. The number of nitrogens with two attached hydrogens (primary N) is 1. The number of anilines is 1. The molecular weight excluding hydrogens is 330 g/mol. The summed E-state index contributed by atoms with van der Waals surface area (Å²) in [5.74, 6) is 0.0913. The van der Waals surface area contributed by atoms with Gasteiger partial charge in [0.25, 0.3) is 0 Å². The molecule has 0 aliphatic heterocycles. The fraction of sp³-hybridized carbons (Fsp3) is 0.188. The lowest BCUT2D eigenvalue weighted by molar-refractivity contribution is 0.318. The molecule has 5 heteroatoms. The number of hydrogen-bond donors (Lipinski definition) is 2. The standard InChI is InChI=1S/C16H18BrN3O/c1-11-5-3-6-12(9-11)10-20(2)14-8-4-7-13(17)15(14)16(18)19-21/h3-9,21H,10H2,1-2H3,(H2,18,19). The largest absolute Gasteiger partial charge is 0.409 e. The predicted molar refractivity (Wildman–Crippen MR) is 89.9 cm³/mol. The molecule has 2 aromatic rings. The van der Waals surface area contributed by atoms with Crippen molar-refractivity contribution >= 4 is 27.5 Å². The van der Waals surface area contributed by atoms with Crippen LogP contribution in [-0.4, -0.2) is 18.1 Å². The van der Waals surface area contributed by atoms with Gasteiger partial charge in [-0.15, -0.1) is 0 Å². The van der Waals surface area contributed by atoms with Crippen LogP contribution < -0.4 is 10.6 Å². The number of aryl methyl sites for hydroxylation is 1. The van der Waals surface area contributed by atoms with E-state index in [1.54, 1.807) is 0 Å². The molecule has 21 heavy (non-hydrogen) atoms. The number of benzene rings is 2. The second kappa shape index (κ2) is 6.63. The maximum atomic E-state index is 8.97. The minimum absolute atomic E-state index is 0.0913. The van der Waals surface area contributed by atoms with Crippen LogP contribution in [-0.2, 0) is 6.54 Å². The Labute approximate surface area is 133 Å². The minimum atomic E-state index is 0.0913. The highest BCUT2D eigenvalue weighted by molar-refractivity contribution is 9.10. The molecular formula is C16H18BrN3O. The van der Waals surface area contributed by atoms with Crippen LogP contribution in [0, 0.1) is 6.92 Å². The zero-order chi connectivity index (χ0) is 15.4. The molecule has 0 radical (unpaired) electrons. The van der Waals surface area contributed by atoms with Gasteiger partial charge in [0.15, 0.2) is 5.84 Å². The zero-order valence-corrected chi connectivity index (χ0v) is 13.6. The van der Waals surface area contributed by atoms with Crippen molar-refractivity contribution in [2.75, 3.05) is 11.9 Å². The Morgan fingerprint density at radius 2 is 2.00 bits per heavy atom. The van der Waals surface area contributed by atoms with Crippen LogP contribution in [0.15, 0.2) is 52.1 Å². The van der Waals surface area contributed by atoms with E-state index in [-0.39, 0.29) is 5.84 Å². The van der Waals surface area contributed by atoms with E-state index >= 15 is 0 Å². The Bertz CT molecular complexity index is 670. The van der Waals surface area contributed by atoms with Gasteiger partial charge in [-0.3, -0.25) is 0 Å². The molecule has 0 atom stereocenters. The highest BCUT2D eigenvalue weighted by atomic mass is 79.9. The second-order valence-electron chi connectivity index (χ2n) is 4.96. The zero-order valence-electron chi connectivity index (χ0n) is 12.0. The maximum absolute atomic E-state index is 8.97. The second-order valence-corrected chi connectivity index (χ2v) is 5.82. The number of rotatable bonds is 4. The van der Waals surface area contributed by atoms with Gasteiger partial charge in [0.1, 0.15) is 0 Å². The number of hydrogen-bond acceptors (Lipinski definition) is 3. The predicted octanol–water partition coefficient (Wildman–Crippen LogP) is 3.49. The van der Waals surface area contributed by atoms with Gasteiger partial charge in [0.05, 0.1) is 5.56 Å².